The molecule has 3 rings (SSSR count). The monoisotopic (exact) mass is 367 g/mol. The van der Waals surface area contributed by atoms with Crippen LogP contribution in [0.15, 0.2) is 42.5 Å². The number of aromatic hydroxyl groups is 1. The molecule has 0 bridgehead atoms. The highest BCUT2D eigenvalue weighted by Crippen LogP contribution is 2.29. The van der Waals surface area contributed by atoms with E-state index in [4.69, 9.17) is 4.74 Å². The van der Waals surface area contributed by atoms with Gasteiger partial charge in [-0.3, -0.25) is 4.79 Å². The number of piperidine rings is 1. The van der Waals surface area contributed by atoms with E-state index in [1.807, 2.05) is 29.2 Å². The molecule has 1 aliphatic rings. The van der Waals surface area contributed by atoms with Gasteiger partial charge >= 0.3 is 0 Å². The van der Waals surface area contributed by atoms with Crippen molar-refractivity contribution >= 4 is 5.91 Å². The predicted molar refractivity (Wildman–Crippen MR) is 107 cm³/mol. The number of aryl methyl sites for hydroxylation is 1. The number of ether oxygens (including phenoxy) is 1. The van der Waals surface area contributed by atoms with Gasteiger partial charge in [0.05, 0.1) is 0 Å². The third-order valence-corrected chi connectivity index (χ3v) is 5.44. The van der Waals surface area contributed by atoms with Gasteiger partial charge in [0.25, 0.3) is 5.91 Å². The van der Waals surface area contributed by atoms with Crippen LogP contribution in [0, 0.1) is 6.92 Å². The summed E-state index contributed by atoms with van der Waals surface area (Å²) in [6.07, 6.45) is 1.89. The number of nitrogens with zero attached hydrogens (tertiary/aromatic N) is 1. The SMILES string of the molecule is Cc1cc(OCC(=O)N2CCC(c3ccc(O)cc3)CC2)ccc1C(C)C. The fourth-order valence-electron chi connectivity index (χ4n) is 3.83. The topological polar surface area (TPSA) is 49.8 Å². The largest absolute Gasteiger partial charge is 0.508 e. The number of hydrogen-bond donors (Lipinski definition) is 1. The van der Waals surface area contributed by atoms with Crippen LogP contribution >= 0.6 is 0 Å². The Hall–Kier alpha value is -2.49. The highest BCUT2D eigenvalue weighted by Gasteiger charge is 2.24. The van der Waals surface area contributed by atoms with Gasteiger partial charge in [-0.15, -0.1) is 0 Å². The third kappa shape index (κ3) is 4.82. The van der Waals surface area contributed by atoms with E-state index in [9.17, 15) is 9.90 Å². The molecule has 1 fully saturated rings. The zero-order valence-corrected chi connectivity index (χ0v) is 16.4. The Kier molecular flexibility index (Phi) is 6.04. The van der Waals surface area contributed by atoms with Crippen molar-refractivity contribution in [2.75, 3.05) is 19.7 Å². The molecule has 1 N–H and O–H groups in total. The molecule has 27 heavy (non-hydrogen) atoms. The van der Waals surface area contributed by atoms with Crippen LogP contribution in [0.25, 0.3) is 0 Å². The van der Waals surface area contributed by atoms with Gasteiger partial charge in [0.2, 0.25) is 0 Å². The number of carbonyl (C=O) groups is 1. The summed E-state index contributed by atoms with van der Waals surface area (Å²) in [6, 6.07) is 13.5. The summed E-state index contributed by atoms with van der Waals surface area (Å²) < 4.78 is 5.74. The lowest BCUT2D eigenvalue weighted by molar-refractivity contribution is -0.134. The lowest BCUT2D eigenvalue weighted by Gasteiger charge is -2.32. The van der Waals surface area contributed by atoms with Gasteiger partial charge in [-0.25, -0.2) is 0 Å². The van der Waals surface area contributed by atoms with E-state index in [0.29, 0.717) is 17.6 Å². The Morgan fingerprint density at radius 1 is 1.15 bits per heavy atom. The molecule has 1 saturated heterocycles. The van der Waals surface area contributed by atoms with Crippen molar-refractivity contribution in [1.29, 1.82) is 0 Å². The van der Waals surface area contributed by atoms with Crippen molar-refractivity contribution in [3.8, 4) is 11.5 Å². The first-order valence-corrected chi connectivity index (χ1v) is 9.74. The van der Waals surface area contributed by atoms with E-state index in [1.54, 1.807) is 12.1 Å². The Morgan fingerprint density at radius 2 is 1.81 bits per heavy atom. The molecule has 0 unspecified atom stereocenters. The summed E-state index contributed by atoms with van der Waals surface area (Å²) in [7, 11) is 0. The van der Waals surface area contributed by atoms with Gasteiger partial charge in [0.1, 0.15) is 11.5 Å². The highest BCUT2D eigenvalue weighted by molar-refractivity contribution is 5.77. The molecule has 4 heteroatoms. The van der Waals surface area contributed by atoms with Crippen LogP contribution in [0.3, 0.4) is 0 Å². The lowest BCUT2D eigenvalue weighted by Crippen LogP contribution is -2.40. The molecule has 0 aromatic heterocycles. The van der Waals surface area contributed by atoms with Gasteiger partial charge in [0, 0.05) is 13.1 Å². The Balaban J connectivity index is 1.49. The molecule has 0 radical (unpaired) electrons. The number of phenols is 1. The quantitative estimate of drug-likeness (QED) is 0.840. The standard InChI is InChI=1S/C23H29NO3/c1-16(2)22-9-8-21(14-17(22)3)27-15-23(26)24-12-10-19(11-13-24)18-4-6-20(25)7-5-18/h4-9,14,16,19,25H,10-13,15H2,1-3H3. The highest BCUT2D eigenvalue weighted by atomic mass is 16.5. The molecule has 144 valence electrons. The van der Waals surface area contributed by atoms with Crippen molar-refractivity contribution in [3.63, 3.8) is 0 Å². The summed E-state index contributed by atoms with van der Waals surface area (Å²) in [6.45, 7) is 8.02. The molecule has 2 aromatic rings. The summed E-state index contributed by atoms with van der Waals surface area (Å²) in [5, 5.41) is 9.42. The first kappa shape index (κ1) is 19.3. The number of benzene rings is 2. The second-order valence-electron chi connectivity index (χ2n) is 7.71. The average molecular weight is 367 g/mol. The summed E-state index contributed by atoms with van der Waals surface area (Å²) in [5.41, 5.74) is 3.74. The summed E-state index contributed by atoms with van der Waals surface area (Å²) in [5.74, 6) is 2.02. The maximum atomic E-state index is 12.5. The van der Waals surface area contributed by atoms with E-state index in [0.717, 1.165) is 31.7 Å². The minimum Gasteiger partial charge on any atom is -0.508 e. The number of phenolic OH excluding ortho intramolecular Hbond substituents is 1. The van der Waals surface area contributed by atoms with E-state index in [2.05, 4.69) is 26.8 Å². The van der Waals surface area contributed by atoms with E-state index >= 15 is 0 Å². The molecule has 1 aliphatic heterocycles. The fourth-order valence-corrected chi connectivity index (χ4v) is 3.83. The molecular weight excluding hydrogens is 338 g/mol. The smallest absolute Gasteiger partial charge is 0.260 e. The second kappa shape index (κ2) is 8.47. The summed E-state index contributed by atoms with van der Waals surface area (Å²) in [4.78, 5) is 14.4. The van der Waals surface area contributed by atoms with Crippen molar-refractivity contribution < 1.29 is 14.6 Å². The van der Waals surface area contributed by atoms with E-state index in [1.165, 1.54) is 16.7 Å². The van der Waals surface area contributed by atoms with Crippen molar-refractivity contribution in [3.05, 3.63) is 59.2 Å². The van der Waals surface area contributed by atoms with Gasteiger partial charge in [-0.05, 0) is 72.6 Å². The molecular formula is C23H29NO3. The van der Waals surface area contributed by atoms with Crippen LogP contribution in [0.5, 0.6) is 11.5 Å². The minimum atomic E-state index is 0.0461. The van der Waals surface area contributed by atoms with Gasteiger partial charge in [-0.2, -0.15) is 0 Å². The Bertz CT molecular complexity index is 775. The maximum absolute atomic E-state index is 12.5. The second-order valence-corrected chi connectivity index (χ2v) is 7.71. The van der Waals surface area contributed by atoms with Crippen molar-refractivity contribution in [2.24, 2.45) is 0 Å². The Labute approximate surface area is 161 Å². The van der Waals surface area contributed by atoms with Crippen LogP contribution in [-0.4, -0.2) is 35.6 Å². The molecule has 0 spiro atoms. The van der Waals surface area contributed by atoms with Crippen LogP contribution in [-0.2, 0) is 4.79 Å². The normalized spacial score (nSPS) is 15.2. The first-order valence-electron chi connectivity index (χ1n) is 9.74. The number of hydrogen-bond acceptors (Lipinski definition) is 3. The van der Waals surface area contributed by atoms with Gasteiger partial charge in [-0.1, -0.05) is 32.0 Å². The maximum Gasteiger partial charge on any atom is 0.260 e. The molecule has 4 nitrogen and oxygen atoms in total. The molecule has 1 heterocycles. The van der Waals surface area contributed by atoms with Crippen LogP contribution in [0.1, 0.15) is 55.2 Å². The molecule has 1 amide bonds. The lowest BCUT2D eigenvalue weighted by atomic mass is 9.89. The van der Waals surface area contributed by atoms with E-state index < -0.39 is 0 Å². The number of carbonyl (C=O) groups excluding carboxylic acids is 1. The van der Waals surface area contributed by atoms with E-state index in [-0.39, 0.29) is 12.5 Å². The molecule has 0 saturated carbocycles. The van der Waals surface area contributed by atoms with Gasteiger partial charge in [0.15, 0.2) is 6.61 Å². The molecule has 2 aromatic carbocycles. The molecule has 0 aliphatic carbocycles. The number of amides is 1. The predicted octanol–water partition coefficient (Wildman–Crippen LogP) is 4.61. The average Bonchev–Trinajstić information content (AvgIpc) is 2.66. The van der Waals surface area contributed by atoms with Gasteiger partial charge < -0.3 is 14.7 Å². The van der Waals surface area contributed by atoms with Crippen molar-refractivity contribution in [1.82, 2.24) is 4.90 Å². The first-order chi connectivity index (χ1) is 12.9. The van der Waals surface area contributed by atoms with Crippen LogP contribution in [0.4, 0.5) is 0 Å². The van der Waals surface area contributed by atoms with Crippen molar-refractivity contribution in [2.45, 2.75) is 45.4 Å². The number of likely N-dealkylation sites (tertiary alicyclic amines) is 1. The summed E-state index contributed by atoms with van der Waals surface area (Å²) >= 11 is 0. The van der Waals surface area contributed by atoms with Crippen LogP contribution in [0.2, 0.25) is 0 Å². The fraction of sp³-hybridized carbons (Fsp3) is 0.435. The number of rotatable bonds is 5. The zero-order chi connectivity index (χ0) is 19.4. The minimum absolute atomic E-state index is 0.0461. The zero-order valence-electron chi connectivity index (χ0n) is 16.4. The third-order valence-electron chi connectivity index (χ3n) is 5.44. The van der Waals surface area contributed by atoms with Crippen LogP contribution < -0.4 is 4.74 Å². The Morgan fingerprint density at radius 3 is 2.41 bits per heavy atom. The molecule has 0 atom stereocenters.